The van der Waals surface area contributed by atoms with E-state index in [1.807, 2.05) is 31.2 Å². The van der Waals surface area contributed by atoms with Crippen LogP contribution in [0.4, 0.5) is 5.69 Å². The second kappa shape index (κ2) is 6.36. The van der Waals surface area contributed by atoms with Crippen LogP contribution in [0.2, 0.25) is 0 Å². The lowest BCUT2D eigenvalue weighted by Gasteiger charge is -2.00. The molecule has 2 aromatic rings. The first-order chi connectivity index (χ1) is 9.70. The van der Waals surface area contributed by atoms with Crippen molar-refractivity contribution in [2.24, 2.45) is 5.11 Å². The van der Waals surface area contributed by atoms with E-state index in [0.717, 1.165) is 5.56 Å². The minimum absolute atomic E-state index is 0.187. The number of hydrogen-bond acceptors (Lipinski definition) is 2. The number of hydrogen-bond donors (Lipinski definition) is 0. The van der Waals surface area contributed by atoms with Gasteiger partial charge in [-0.1, -0.05) is 65.3 Å². The monoisotopic (exact) mass is 263 g/mol. The lowest BCUT2D eigenvalue weighted by molar-refractivity contribution is 0.104. The maximum Gasteiger partial charge on any atom is 0.186 e. The molecule has 0 heterocycles. The standard InChI is InChI=1S/C16H13N3O/c1-12-6-8-13(9-7-12)10-11-16(20)14-4-2-3-5-15(14)18-19-17/h2-11H,1H3/b11-10+. The largest absolute Gasteiger partial charge is 0.289 e. The van der Waals surface area contributed by atoms with E-state index in [-0.39, 0.29) is 5.78 Å². The molecular formula is C16H13N3O. The fraction of sp³-hybridized carbons (Fsp3) is 0.0625. The van der Waals surface area contributed by atoms with Crippen molar-refractivity contribution >= 4 is 17.5 Å². The van der Waals surface area contributed by atoms with Crippen LogP contribution in [0.3, 0.4) is 0 Å². The van der Waals surface area contributed by atoms with Gasteiger partial charge in [-0.15, -0.1) is 0 Å². The molecule has 0 radical (unpaired) electrons. The summed E-state index contributed by atoms with van der Waals surface area (Å²) >= 11 is 0. The summed E-state index contributed by atoms with van der Waals surface area (Å²) < 4.78 is 0. The minimum Gasteiger partial charge on any atom is -0.289 e. The number of ketones is 1. The molecule has 0 bridgehead atoms. The van der Waals surface area contributed by atoms with Gasteiger partial charge in [-0.3, -0.25) is 4.79 Å². The third kappa shape index (κ3) is 3.34. The van der Waals surface area contributed by atoms with E-state index in [1.54, 1.807) is 30.3 Å². The van der Waals surface area contributed by atoms with E-state index < -0.39 is 0 Å². The van der Waals surface area contributed by atoms with Gasteiger partial charge in [0.15, 0.2) is 5.78 Å². The maximum absolute atomic E-state index is 12.1. The van der Waals surface area contributed by atoms with Crippen LogP contribution in [0, 0.1) is 6.92 Å². The third-order valence-corrected chi connectivity index (χ3v) is 2.83. The van der Waals surface area contributed by atoms with Crippen LogP contribution in [0.15, 0.2) is 59.7 Å². The van der Waals surface area contributed by atoms with E-state index in [2.05, 4.69) is 10.0 Å². The molecule has 2 rings (SSSR count). The second-order valence-electron chi connectivity index (χ2n) is 4.31. The molecule has 0 aliphatic rings. The van der Waals surface area contributed by atoms with Gasteiger partial charge < -0.3 is 0 Å². The van der Waals surface area contributed by atoms with Gasteiger partial charge in [0.2, 0.25) is 0 Å². The van der Waals surface area contributed by atoms with Gasteiger partial charge in [0.05, 0.1) is 0 Å². The average Bonchev–Trinajstić information content (AvgIpc) is 2.47. The number of aryl methyl sites for hydroxylation is 1. The highest BCUT2D eigenvalue weighted by Gasteiger charge is 2.06. The molecule has 0 aliphatic heterocycles. The third-order valence-electron chi connectivity index (χ3n) is 2.83. The number of carbonyl (C=O) groups excluding carboxylic acids is 1. The van der Waals surface area contributed by atoms with Crippen molar-refractivity contribution in [3.05, 3.63) is 81.7 Å². The normalized spacial score (nSPS) is 10.2. The maximum atomic E-state index is 12.1. The zero-order valence-corrected chi connectivity index (χ0v) is 11.0. The summed E-state index contributed by atoms with van der Waals surface area (Å²) in [7, 11) is 0. The predicted molar refractivity (Wildman–Crippen MR) is 79.8 cm³/mol. The summed E-state index contributed by atoms with van der Waals surface area (Å²) in [6.07, 6.45) is 3.23. The topological polar surface area (TPSA) is 65.8 Å². The SMILES string of the molecule is Cc1ccc(/C=C/C(=O)c2ccccc2N=[N+]=[N-])cc1. The van der Waals surface area contributed by atoms with Gasteiger partial charge >= 0.3 is 0 Å². The quantitative estimate of drug-likeness (QED) is 0.256. The van der Waals surface area contributed by atoms with Crippen LogP contribution < -0.4 is 0 Å². The molecule has 0 aromatic heterocycles. The fourth-order valence-corrected chi connectivity index (χ4v) is 1.76. The van der Waals surface area contributed by atoms with E-state index in [0.29, 0.717) is 11.3 Å². The van der Waals surface area contributed by atoms with Crippen LogP contribution in [0.5, 0.6) is 0 Å². The first-order valence-electron chi connectivity index (χ1n) is 6.14. The summed E-state index contributed by atoms with van der Waals surface area (Å²) in [5, 5.41) is 3.52. The van der Waals surface area contributed by atoms with E-state index in [1.165, 1.54) is 11.6 Å². The molecule has 0 saturated heterocycles. The summed E-state index contributed by atoms with van der Waals surface area (Å²) in [5.74, 6) is -0.187. The number of allylic oxidation sites excluding steroid dienone is 1. The molecule has 4 nitrogen and oxygen atoms in total. The molecule has 20 heavy (non-hydrogen) atoms. The zero-order valence-electron chi connectivity index (χ0n) is 11.0. The average molecular weight is 263 g/mol. The summed E-state index contributed by atoms with van der Waals surface area (Å²) in [5.41, 5.74) is 11.3. The Bertz CT molecular complexity index is 696. The molecule has 0 amide bonds. The summed E-state index contributed by atoms with van der Waals surface area (Å²) in [6, 6.07) is 14.6. The molecule has 98 valence electrons. The first kappa shape index (κ1) is 13.6. The van der Waals surface area contributed by atoms with E-state index in [9.17, 15) is 4.79 Å². The van der Waals surface area contributed by atoms with Crippen LogP contribution in [-0.4, -0.2) is 5.78 Å². The van der Waals surface area contributed by atoms with Gasteiger partial charge in [0.25, 0.3) is 0 Å². The number of benzene rings is 2. The Hall–Kier alpha value is -2.84. The van der Waals surface area contributed by atoms with Gasteiger partial charge in [-0.25, -0.2) is 0 Å². The number of carbonyl (C=O) groups is 1. The van der Waals surface area contributed by atoms with Crippen molar-refractivity contribution in [1.29, 1.82) is 0 Å². The van der Waals surface area contributed by atoms with Crippen molar-refractivity contribution in [3.63, 3.8) is 0 Å². The Balaban J connectivity index is 2.24. The van der Waals surface area contributed by atoms with Crippen LogP contribution >= 0.6 is 0 Å². The Morgan fingerprint density at radius 2 is 1.85 bits per heavy atom. The van der Waals surface area contributed by atoms with E-state index >= 15 is 0 Å². The number of azide groups is 1. The molecule has 2 aromatic carbocycles. The molecule has 0 atom stereocenters. The second-order valence-corrected chi connectivity index (χ2v) is 4.31. The highest BCUT2D eigenvalue weighted by Crippen LogP contribution is 2.20. The molecule has 0 aliphatic carbocycles. The van der Waals surface area contributed by atoms with Gasteiger partial charge in [0.1, 0.15) is 0 Å². The fourth-order valence-electron chi connectivity index (χ4n) is 1.76. The predicted octanol–water partition coefficient (Wildman–Crippen LogP) is 4.83. The van der Waals surface area contributed by atoms with Crippen molar-refractivity contribution in [2.45, 2.75) is 6.92 Å². The Kier molecular flexibility index (Phi) is 4.32. The van der Waals surface area contributed by atoms with Gasteiger partial charge in [-0.05, 0) is 24.1 Å². The Morgan fingerprint density at radius 3 is 2.55 bits per heavy atom. The highest BCUT2D eigenvalue weighted by atomic mass is 16.1. The smallest absolute Gasteiger partial charge is 0.186 e. The molecule has 0 N–H and O–H groups in total. The molecule has 0 spiro atoms. The Labute approximate surface area is 117 Å². The van der Waals surface area contributed by atoms with Gasteiger partial charge in [-0.2, -0.15) is 0 Å². The molecule has 0 unspecified atom stereocenters. The van der Waals surface area contributed by atoms with Crippen LogP contribution in [-0.2, 0) is 0 Å². The van der Waals surface area contributed by atoms with Crippen molar-refractivity contribution in [1.82, 2.24) is 0 Å². The molecule has 0 fully saturated rings. The molecular weight excluding hydrogens is 250 g/mol. The van der Waals surface area contributed by atoms with Crippen molar-refractivity contribution in [3.8, 4) is 0 Å². The lowest BCUT2D eigenvalue weighted by atomic mass is 10.1. The van der Waals surface area contributed by atoms with E-state index in [4.69, 9.17) is 5.53 Å². The Morgan fingerprint density at radius 1 is 1.15 bits per heavy atom. The summed E-state index contributed by atoms with van der Waals surface area (Å²) in [6.45, 7) is 2.01. The number of nitrogens with zero attached hydrogens (tertiary/aromatic N) is 3. The van der Waals surface area contributed by atoms with Crippen molar-refractivity contribution in [2.75, 3.05) is 0 Å². The number of rotatable bonds is 4. The van der Waals surface area contributed by atoms with Gasteiger partial charge in [0, 0.05) is 16.2 Å². The zero-order chi connectivity index (χ0) is 14.4. The van der Waals surface area contributed by atoms with Crippen molar-refractivity contribution < 1.29 is 4.79 Å². The lowest BCUT2D eigenvalue weighted by Crippen LogP contribution is -1.94. The first-order valence-corrected chi connectivity index (χ1v) is 6.14. The molecule has 4 heteroatoms. The van der Waals surface area contributed by atoms with Crippen LogP contribution in [0.25, 0.3) is 16.5 Å². The highest BCUT2D eigenvalue weighted by molar-refractivity contribution is 6.09. The molecule has 0 saturated carbocycles. The summed E-state index contributed by atoms with van der Waals surface area (Å²) in [4.78, 5) is 14.8. The minimum atomic E-state index is -0.187. The van der Waals surface area contributed by atoms with Crippen LogP contribution in [0.1, 0.15) is 21.5 Å².